The Balaban J connectivity index is 2.16. The molecule has 0 aromatic rings. The summed E-state index contributed by atoms with van der Waals surface area (Å²) in [7, 11) is 0. The summed E-state index contributed by atoms with van der Waals surface area (Å²) in [5.74, 6) is 0.265. The van der Waals surface area contributed by atoms with Gasteiger partial charge in [0.1, 0.15) is 0 Å². The van der Waals surface area contributed by atoms with Crippen LogP contribution in [0.1, 0.15) is 32.6 Å². The molecule has 14 heavy (non-hydrogen) atoms. The van der Waals surface area contributed by atoms with Crippen LogP contribution in [0.5, 0.6) is 0 Å². The van der Waals surface area contributed by atoms with Crippen molar-refractivity contribution in [2.24, 2.45) is 5.92 Å². The van der Waals surface area contributed by atoms with Crippen LogP contribution in [0.2, 0.25) is 0 Å². The number of hydrogen-bond donors (Lipinski definition) is 1. The minimum Gasteiger partial charge on any atom is -0.463 e. The Bertz CT molecular complexity index is 211. The molecule has 0 amide bonds. The van der Waals surface area contributed by atoms with E-state index in [0.717, 1.165) is 25.7 Å². The van der Waals surface area contributed by atoms with Gasteiger partial charge in [-0.05, 0) is 38.5 Å². The van der Waals surface area contributed by atoms with E-state index >= 15 is 0 Å². The molecule has 3 heteroatoms. The molecule has 0 aliphatic heterocycles. The van der Waals surface area contributed by atoms with Crippen LogP contribution >= 0.6 is 0 Å². The van der Waals surface area contributed by atoms with Crippen molar-refractivity contribution in [1.29, 1.82) is 0 Å². The number of carbonyl (C=O) groups is 1. The molecule has 1 aliphatic rings. The normalized spacial score (nSPS) is 27.0. The van der Waals surface area contributed by atoms with E-state index in [9.17, 15) is 9.90 Å². The van der Waals surface area contributed by atoms with Crippen LogP contribution in [0.3, 0.4) is 0 Å². The minimum absolute atomic E-state index is 0.129. The zero-order valence-corrected chi connectivity index (χ0v) is 8.61. The molecule has 0 unspecified atom stereocenters. The third-order valence-electron chi connectivity index (χ3n) is 2.52. The predicted molar refractivity (Wildman–Crippen MR) is 53.7 cm³/mol. The van der Waals surface area contributed by atoms with Gasteiger partial charge in [0, 0.05) is 6.08 Å². The van der Waals surface area contributed by atoms with Crippen LogP contribution in [0.25, 0.3) is 0 Å². The summed E-state index contributed by atoms with van der Waals surface area (Å²) < 4.78 is 4.75. The van der Waals surface area contributed by atoms with E-state index in [-0.39, 0.29) is 12.1 Å². The van der Waals surface area contributed by atoms with Gasteiger partial charge >= 0.3 is 5.97 Å². The lowest BCUT2D eigenvalue weighted by atomic mass is 10.0. The number of aliphatic hydroxyl groups excluding tert-OH is 1. The second-order valence-electron chi connectivity index (χ2n) is 3.72. The molecule has 0 radical (unpaired) electrons. The van der Waals surface area contributed by atoms with Crippen LogP contribution in [0, 0.1) is 5.92 Å². The van der Waals surface area contributed by atoms with Gasteiger partial charge in [-0.2, -0.15) is 0 Å². The molecular weight excluding hydrogens is 180 g/mol. The van der Waals surface area contributed by atoms with Crippen molar-refractivity contribution in [3.63, 3.8) is 0 Å². The highest BCUT2D eigenvalue weighted by Crippen LogP contribution is 2.28. The maximum Gasteiger partial charge on any atom is 0.330 e. The molecule has 0 bridgehead atoms. The van der Waals surface area contributed by atoms with Crippen LogP contribution in [0.4, 0.5) is 0 Å². The topological polar surface area (TPSA) is 46.5 Å². The quantitative estimate of drug-likeness (QED) is 0.552. The van der Waals surface area contributed by atoms with E-state index in [0.29, 0.717) is 12.5 Å². The number of esters is 1. The van der Waals surface area contributed by atoms with Gasteiger partial charge in [0.2, 0.25) is 0 Å². The number of rotatable bonds is 4. The maximum absolute atomic E-state index is 10.9. The Kier molecular flexibility index (Phi) is 4.66. The number of hydrogen-bond acceptors (Lipinski definition) is 3. The van der Waals surface area contributed by atoms with Gasteiger partial charge in [-0.25, -0.2) is 4.79 Å². The Hall–Kier alpha value is -0.830. The van der Waals surface area contributed by atoms with Crippen molar-refractivity contribution in [3.05, 3.63) is 12.2 Å². The molecule has 1 aliphatic carbocycles. The smallest absolute Gasteiger partial charge is 0.330 e. The third-order valence-corrected chi connectivity index (χ3v) is 2.52. The first kappa shape index (κ1) is 11.2. The molecule has 2 atom stereocenters. The van der Waals surface area contributed by atoms with Crippen LogP contribution in [0.15, 0.2) is 12.2 Å². The van der Waals surface area contributed by atoms with Gasteiger partial charge in [-0.1, -0.05) is 6.08 Å². The Morgan fingerprint density at radius 2 is 2.36 bits per heavy atom. The fourth-order valence-corrected chi connectivity index (χ4v) is 1.81. The predicted octanol–water partition coefficient (Wildman–Crippen LogP) is 1.66. The molecule has 1 fully saturated rings. The fourth-order valence-electron chi connectivity index (χ4n) is 1.81. The molecule has 0 saturated heterocycles. The molecule has 0 spiro atoms. The number of allylic oxidation sites excluding steroid dienone is 1. The van der Waals surface area contributed by atoms with Gasteiger partial charge in [-0.15, -0.1) is 0 Å². The van der Waals surface area contributed by atoms with E-state index in [1.54, 1.807) is 6.92 Å². The average Bonchev–Trinajstić information content (AvgIpc) is 2.52. The largest absolute Gasteiger partial charge is 0.463 e. The first-order valence-electron chi connectivity index (χ1n) is 5.23. The number of carbonyl (C=O) groups excluding carboxylic acids is 1. The lowest BCUT2D eigenvalue weighted by Crippen LogP contribution is -2.01. The summed E-state index contributed by atoms with van der Waals surface area (Å²) in [6.07, 6.45) is 6.90. The van der Waals surface area contributed by atoms with E-state index < -0.39 is 0 Å². The van der Waals surface area contributed by atoms with E-state index in [2.05, 4.69) is 0 Å². The molecule has 0 aromatic carbocycles. The first-order valence-corrected chi connectivity index (χ1v) is 5.23. The summed E-state index contributed by atoms with van der Waals surface area (Å²) in [4.78, 5) is 10.9. The fraction of sp³-hybridized carbons (Fsp3) is 0.727. The Morgan fingerprint density at radius 3 is 2.93 bits per heavy atom. The molecule has 0 aromatic heterocycles. The van der Waals surface area contributed by atoms with Gasteiger partial charge in [0.15, 0.2) is 0 Å². The van der Waals surface area contributed by atoms with Crippen molar-refractivity contribution in [2.45, 2.75) is 38.7 Å². The minimum atomic E-state index is -0.272. The van der Waals surface area contributed by atoms with Gasteiger partial charge in [-0.3, -0.25) is 0 Å². The van der Waals surface area contributed by atoms with Crippen molar-refractivity contribution in [1.82, 2.24) is 0 Å². The first-order chi connectivity index (χ1) is 6.72. The zero-order chi connectivity index (χ0) is 10.4. The monoisotopic (exact) mass is 198 g/mol. The van der Waals surface area contributed by atoms with Crippen LogP contribution in [-0.2, 0) is 9.53 Å². The van der Waals surface area contributed by atoms with Crippen molar-refractivity contribution < 1.29 is 14.6 Å². The Morgan fingerprint density at radius 1 is 1.57 bits per heavy atom. The number of ether oxygens (including phenoxy) is 1. The second kappa shape index (κ2) is 5.81. The van der Waals surface area contributed by atoms with E-state index in [1.807, 2.05) is 6.08 Å². The standard InChI is InChI=1S/C11H18O3/c1-2-14-11(13)5-3-4-9-6-7-10(12)8-9/h3,5,9-10,12H,2,4,6-8H2,1H3/b5-3+/t9-,10+/m1/s1. The molecule has 3 nitrogen and oxygen atoms in total. The molecular formula is C11H18O3. The summed E-state index contributed by atoms with van der Waals surface area (Å²) in [6, 6.07) is 0. The molecule has 1 saturated carbocycles. The van der Waals surface area contributed by atoms with Crippen LogP contribution < -0.4 is 0 Å². The van der Waals surface area contributed by atoms with E-state index in [4.69, 9.17) is 4.74 Å². The van der Waals surface area contributed by atoms with Crippen molar-refractivity contribution in [2.75, 3.05) is 6.61 Å². The highest BCUT2D eigenvalue weighted by Gasteiger charge is 2.21. The molecule has 1 rings (SSSR count). The Labute approximate surface area is 84.8 Å². The zero-order valence-electron chi connectivity index (χ0n) is 8.61. The highest BCUT2D eigenvalue weighted by atomic mass is 16.5. The van der Waals surface area contributed by atoms with Crippen molar-refractivity contribution >= 4 is 5.97 Å². The maximum atomic E-state index is 10.9. The summed E-state index contributed by atoms with van der Waals surface area (Å²) in [5, 5.41) is 9.28. The highest BCUT2D eigenvalue weighted by molar-refractivity contribution is 5.81. The van der Waals surface area contributed by atoms with Crippen molar-refractivity contribution in [3.8, 4) is 0 Å². The SMILES string of the molecule is CCOC(=O)/C=C/C[C@@H]1CC[C@H](O)C1. The summed E-state index contributed by atoms with van der Waals surface area (Å²) in [5.41, 5.74) is 0. The summed E-state index contributed by atoms with van der Waals surface area (Å²) in [6.45, 7) is 2.21. The molecule has 0 heterocycles. The molecule has 1 N–H and O–H groups in total. The van der Waals surface area contributed by atoms with E-state index in [1.165, 1.54) is 6.08 Å². The lowest BCUT2D eigenvalue weighted by Gasteiger charge is -2.03. The van der Waals surface area contributed by atoms with Gasteiger partial charge in [0.25, 0.3) is 0 Å². The number of aliphatic hydroxyl groups is 1. The second-order valence-corrected chi connectivity index (χ2v) is 3.72. The van der Waals surface area contributed by atoms with Gasteiger partial charge < -0.3 is 9.84 Å². The third kappa shape index (κ3) is 3.92. The molecule has 80 valence electrons. The summed E-state index contributed by atoms with van der Waals surface area (Å²) >= 11 is 0. The lowest BCUT2D eigenvalue weighted by molar-refractivity contribution is -0.137. The average molecular weight is 198 g/mol. The van der Waals surface area contributed by atoms with Crippen LogP contribution in [-0.4, -0.2) is 23.8 Å². The van der Waals surface area contributed by atoms with Gasteiger partial charge in [0.05, 0.1) is 12.7 Å².